The summed E-state index contributed by atoms with van der Waals surface area (Å²) in [4.78, 5) is 8.77. The summed E-state index contributed by atoms with van der Waals surface area (Å²) in [6.07, 6.45) is 4.13. The van der Waals surface area contributed by atoms with Gasteiger partial charge in [0, 0.05) is 18.4 Å². The molecule has 1 aliphatic heterocycles. The highest BCUT2D eigenvalue weighted by Crippen LogP contribution is 2.50. The quantitative estimate of drug-likeness (QED) is 0.675. The molecule has 2 heterocycles. The van der Waals surface area contributed by atoms with E-state index in [1.807, 2.05) is 6.20 Å². The Balaban J connectivity index is 2.09. The van der Waals surface area contributed by atoms with Gasteiger partial charge in [-0.05, 0) is 6.42 Å². The SMILES string of the molecule is CCc1ncc2c(n1)C1CC1N2. The first kappa shape index (κ1) is 6.40. The first-order valence-corrected chi connectivity index (χ1v) is 4.51. The number of hydrogen-bond donors (Lipinski definition) is 1. The van der Waals surface area contributed by atoms with Gasteiger partial charge in [0.2, 0.25) is 0 Å². The molecular formula is C9H11N3. The summed E-state index contributed by atoms with van der Waals surface area (Å²) < 4.78 is 0. The van der Waals surface area contributed by atoms with Crippen LogP contribution >= 0.6 is 0 Å². The van der Waals surface area contributed by atoms with E-state index in [1.54, 1.807) is 0 Å². The van der Waals surface area contributed by atoms with Crippen molar-refractivity contribution in [2.24, 2.45) is 0 Å². The van der Waals surface area contributed by atoms with Crippen molar-refractivity contribution in [3.8, 4) is 0 Å². The molecule has 0 amide bonds. The number of rotatable bonds is 1. The number of anilines is 1. The molecule has 2 aliphatic rings. The highest BCUT2D eigenvalue weighted by atomic mass is 15.1. The highest BCUT2D eigenvalue weighted by molar-refractivity contribution is 5.59. The van der Waals surface area contributed by atoms with Crippen molar-refractivity contribution in [1.29, 1.82) is 0 Å². The van der Waals surface area contributed by atoms with Crippen LogP contribution < -0.4 is 5.32 Å². The lowest BCUT2D eigenvalue weighted by molar-refractivity contribution is 0.898. The first-order chi connectivity index (χ1) is 5.88. The molecule has 0 bridgehead atoms. The predicted octanol–water partition coefficient (Wildman–Crippen LogP) is 1.32. The Morgan fingerprint density at radius 1 is 1.67 bits per heavy atom. The molecule has 2 unspecified atom stereocenters. The molecule has 1 N–H and O–H groups in total. The molecule has 0 spiro atoms. The maximum atomic E-state index is 4.52. The second-order valence-corrected chi connectivity index (χ2v) is 3.53. The lowest BCUT2D eigenvalue weighted by Gasteiger charge is -2.03. The van der Waals surface area contributed by atoms with Crippen molar-refractivity contribution in [3.05, 3.63) is 17.7 Å². The molecule has 12 heavy (non-hydrogen) atoms. The lowest BCUT2D eigenvalue weighted by atomic mass is 10.2. The standard InChI is InChI=1S/C9H11N3/c1-2-8-10-4-7-9(12-8)5-3-6(5)11-7/h4-6,11H,2-3H2,1H3. The van der Waals surface area contributed by atoms with Crippen LogP contribution in [0.1, 0.15) is 30.8 Å². The molecule has 3 nitrogen and oxygen atoms in total. The monoisotopic (exact) mass is 161 g/mol. The van der Waals surface area contributed by atoms with Gasteiger partial charge in [0.15, 0.2) is 0 Å². The van der Waals surface area contributed by atoms with E-state index in [-0.39, 0.29) is 0 Å². The van der Waals surface area contributed by atoms with Crippen molar-refractivity contribution in [2.45, 2.75) is 31.7 Å². The summed E-state index contributed by atoms with van der Waals surface area (Å²) in [5.74, 6) is 1.68. The smallest absolute Gasteiger partial charge is 0.128 e. The van der Waals surface area contributed by atoms with Gasteiger partial charge in [0.05, 0.1) is 17.6 Å². The third-order valence-electron chi connectivity index (χ3n) is 2.67. The summed E-state index contributed by atoms with van der Waals surface area (Å²) in [5.41, 5.74) is 2.42. The number of aromatic nitrogens is 2. The van der Waals surface area contributed by atoms with Crippen LogP contribution in [0.3, 0.4) is 0 Å². The highest BCUT2D eigenvalue weighted by Gasteiger charge is 2.46. The van der Waals surface area contributed by atoms with Crippen LogP contribution in [0.4, 0.5) is 5.69 Å². The normalized spacial score (nSPS) is 29.1. The molecular weight excluding hydrogens is 150 g/mol. The zero-order chi connectivity index (χ0) is 8.13. The van der Waals surface area contributed by atoms with E-state index in [2.05, 4.69) is 22.2 Å². The Bertz CT molecular complexity index is 335. The molecule has 3 rings (SSSR count). The molecule has 3 heteroatoms. The minimum Gasteiger partial charge on any atom is -0.379 e. The van der Waals surface area contributed by atoms with Crippen LogP contribution in [0.2, 0.25) is 0 Å². The molecule has 0 radical (unpaired) electrons. The molecule has 1 aromatic rings. The molecule has 0 saturated heterocycles. The van der Waals surface area contributed by atoms with E-state index in [4.69, 9.17) is 0 Å². The number of nitrogens with one attached hydrogen (secondary N) is 1. The van der Waals surface area contributed by atoms with Gasteiger partial charge in [-0.25, -0.2) is 9.97 Å². The fraction of sp³-hybridized carbons (Fsp3) is 0.556. The van der Waals surface area contributed by atoms with Crippen molar-refractivity contribution in [1.82, 2.24) is 9.97 Å². The van der Waals surface area contributed by atoms with Gasteiger partial charge in [0.1, 0.15) is 5.82 Å². The van der Waals surface area contributed by atoms with Gasteiger partial charge in [-0.2, -0.15) is 0 Å². The number of fused-ring (bicyclic) bond motifs is 3. The summed E-state index contributed by atoms with van der Waals surface area (Å²) in [7, 11) is 0. The van der Waals surface area contributed by atoms with E-state index in [9.17, 15) is 0 Å². The summed E-state index contributed by atoms with van der Waals surface area (Å²) >= 11 is 0. The Hall–Kier alpha value is -1.12. The van der Waals surface area contributed by atoms with Crippen LogP contribution in [0.25, 0.3) is 0 Å². The molecule has 2 atom stereocenters. The molecule has 0 aromatic carbocycles. The van der Waals surface area contributed by atoms with Crippen molar-refractivity contribution >= 4 is 5.69 Å². The molecule has 1 aliphatic carbocycles. The fourth-order valence-electron chi connectivity index (χ4n) is 1.85. The second-order valence-electron chi connectivity index (χ2n) is 3.53. The Labute approximate surface area is 71.2 Å². The zero-order valence-corrected chi connectivity index (χ0v) is 7.04. The largest absolute Gasteiger partial charge is 0.379 e. The average molecular weight is 161 g/mol. The predicted molar refractivity (Wildman–Crippen MR) is 46.2 cm³/mol. The number of aryl methyl sites for hydroxylation is 1. The molecule has 1 fully saturated rings. The van der Waals surface area contributed by atoms with Gasteiger partial charge >= 0.3 is 0 Å². The fourth-order valence-corrected chi connectivity index (χ4v) is 1.85. The summed E-state index contributed by atoms with van der Waals surface area (Å²) in [5, 5.41) is 3.40. The number of nitrogens with zero attached hydrogens (tertiary/aromatic N) is 2. The Morgan fingerprint density at radius 3 is 3.42 bits per heavy atom. The van der Waals surface area contributed by atoms with E-state index in [0.29, 0.717) is 12.0 Å². The van der Waals surface area contributed by atoms with Crippen LogP contribution in [0.15, 0.2) is 6.20 Å². The van der Waals surface area contributed by atoms with Crippen LogP contribution in [0, 0.1) is 0 Å². The van der Waals surface area contributed by atoms with Crippen LogP contribution in [0.5, 0.6) is 0 Å². The van der Waals surface area contributed by atoms with E-state index >= 15 is 0 Å². The first-order valence-electron chi connectivity index (χ1n) is 4.51. The average Bonchev–Trinajstić information content (AvgIpc) is 2.79. The number of hydrogen-bond acceptors (Lipinski definition) is 3. The summed E-state index contributed by atoms with van der Waals surface area (Å²) in [6, 6.07) is 0.682. The Morgan fingerprint density at radius 2 is 2.58 bits per heavy atom. The van der Waals surface area contributed by atoms with Gasteiger partial charge < -0.3 is 5.32 Å². The third-order valence-corrected chi connectivity index (χ3v) is 2.67. The lowest BCUT2D eigenvalue weighted by Crippen LogP contribution is -2.00. The van der Waals surface area contributed by atoms with Gasteiger partial charge in [-0.15, -0.1) is 0 Å². The molecule has 62 valence electrons. The van der Waals surface area contributed by atoms with Crippen LogP contribution in [-0.2, 0) is 6.42 Å². The topological polar surface area (TPSA) is 37.8 Å². The maximum Gasteiger partial charge on any atom is 0.128 e. The van der Waals surface area contributed by atoms with Crippen molar-refractivity contribution in [2.75, 3.05) is 5.32 Å². The second kappa shape index (κ2) is 1.97. The zero-order valence-electron chi connectivity index (χ0n) is 7.04. The van der Waals surface area contributed by atoms with E-state index < -0.39 is 0 Å². The van der Waals surface area contributed by atoms with Crippen molar-refractivity contribution < 1.29 is 0 Å². The van der Waals surface area contributed by atoms with Gasteiger partial charge in [-0.3, -0.25) is 0 Å². The Kier molecular flexibility index (Phi) is 1.05. The summed E-state index contributed by atoms with van der Waals surface area (Å²) in [6.45, 7) is 2.09. The molecule has 1 saturated carbocycles. The maximum absolute atomic E-state index is 4.52. The van der Waals surface area contributed by atoms with E-state index in [1.165, 1.54) is 12.1 Å². The molecule has 1 aromatic heterocycles. The minimum atomic E-state index is 0.682. The van der Waals surface area contributed by atoms with Gasteiger partial charge in [0.25, 0.3) is 0 Å². The minimum absolute atomic E-state index is 0.682. The van der Waals surface area contributed by atoms with Crippen molar-refractivity contribution in [3.63, 3.8) is 0 Å². The van der Waals surface area contributed by atoms with Crippen LogP contribution in [-0.4, -0.2) is 16.0 Å². The van der Waals surface area contributed by atoms with Gasteiger partial charge in [-0.1, -0.05) is 6.92 Å². The third kappa shape index (κ3) is 0.709. The van der Waals surface area contributed by atoms with E-state index in [0.717, 1.165) is 17.9 Å².